The van der Waals surface area contributed by atoms with Gasteiger partial charge in [-0.3, -0.25) is 14.5 Å². The highest BCUT2D eigenvalue weighted by atomic mass is 32.1. The first-order valence-electron chi connectivity index (χ1n) is 8.72. The lowest BCUT2D eigenvalue weighted by atomic mass is 10.0. The summed E-state index contributed by atoms with van der Waals surface area (Å²) in [4.78, 5) is 26.0. The molecule has 26 heavy (non-hydrogen) atoms. The van der Waals surface area contributed by atoms with E-state index in [2.05, 4.69) is 22.3 Å². The first kappa shape index (κ1) is 18.4. The van der Waals surface area contributed by atoms with Gasteiger partial charge in [0.05, 0.1) is 18.7 Å². The number of amides is 2. The number of thiophene rings is 1. The third-order valence-electron chi connectivity index (χ3n) is 4.47. The van der Waals surface area contributed by atoms with E-state index in [1.165, 1.54) is 16.9 Å². The van der Waals surface area contributed by atoms with Gasteiger partial charge in [-0.15, -0.1) is 11.3 Å². The minimum Gasteiger partial charge on any atom is -0.494 e. The number of nitrogens with one attached hydrogen (secondary N) is 1. The highest BCUT2D eigenvalue weighted by Gasteiger charge is 2.28. The first-order chi connectivity index (χ1) is 12.6. The van der Waals surface area contributed by atoms with Crippen molar-refractivity contribution in [2.24, 2.45) is 5.73 Å². The number of hydrogen-bond acceptors (Lipinski definition) is 5. The van der Waals surface area contributed by atoms with E-state index < -0.39 is 5.91 Å². The molecular weight excluding hydrogens is 350 g/mol. The fraction of sp³-hybridized carbons (Fsp3) is 0.368. The molecule has 7 heteroatoms. The molecule has 6 nitrogen and oxygen atoms in total. The summed E-state index contributed by atoms with van der Waals surface area (Å²) in [7, 11) is 0. The van der Waals surface area contributed by atoms with Crippen LogP contribution in [0.25, 0.3) is 0 Å². The van der Waals surface area contributed by atoms with Crippen molar-refractivity contribution in [1.82, 2.24) is 4.90 Å². The van der Waals surface area contributed by atoms with E-state index in [1.807, 2.05) is 19.1 Å². The number of nitrogens with two attached hydrogens (primary N) is 1. The number of hydrogen-bond donors (Lipinski definition) is 2. The van der Waals surface area contributed by atoms with E-state index in [9.17, 15) is 9.59 Å². The SMILES string of the molecule is CCOc1ccc(C2CCCN2CC(=O)Nc2sccc2C(N)=O)cc1. The fourth-order valence-corrected chi connectivity index (χ4v) is 4.11. The number of rotatable bonds is 7. The lowest BCUT2D eigenvalue weighted by Gasteiger charge is -2.24. The van der Waals surface area contributed by atoms with Crippen LogP contribution in [0.2, 0.25) is 0 Å². The molecule has 3 N–H and O–H groups in total. The van der Waals surface area contributed by atoms with Crippen LogP contribution in [0.5, 0.6) is 5.75 Å². The molecule has 0 spiro atoms. The minimum absolute atomic E-state index is 0.132. The predicted molar refractivity (Wildman–Crippen MR) is 103 cm³/mol. The molecule has 1 saturated heterocycles. The Bertz CT molecular complexity index is 773. The molecule has 3 rings (SSSR count). The molecule has 1 aromatic heterocycles. The van der Waals surface area contributed by atoms with Gasteiger partial charge in [0.1, 0.15) is 10.8 Å². The molecule has 0 aliphatic carbocycles. The van der Waals surface area contributed by atoms with Crippen LogP contribution in [-0.2, 0) is 4.79 Å². The molecule has 1 fully saturated rings. The molecule has 0 radical (unpaired) electrons. The fourth-order valence-electron chi connectivity index (χ4n) is 3.30. The van der Waals surface area contributed by atoms with Crippen LogP contribution >= 0.6 is 11.3 Å². The van der Waals surface area contributed by atoms with Crippen LogP contribution in [0.3, 0.4) is 0 Å². The van der Waals surface area contributed by atoms with Crippen molar-refractivity contribution >= 4 is 28.2 Å². The van der Waals surface area contributed by atoms with Crippen molar-refractivity contribution in [3.05, 3.63) is 46.8 Å². The summed E-state index contributed by atoms with van der Waals surface area (Å²) in [6.07, 6.45) is 2.07. The Balaban J connectivity index is 1.63. The van der Waals surface area contributed by atoms with Crippen molar-refractivity contribution in [2.45, 2.75) is 25.8 Å². The molecule has 1 aliphatic rings. The largest absolute Gasteiger partial charge is 0.494 e. The van der Waals surface area contributed by atoms with Crippen LogP contribution in [0, 0.1) is 0 Å². The summed E-state index contributed by atoms with van der Waals surface area (Å²) in [6, 6.07) is 9.92. The monoisotopic (exact) mass is 373 g/mol. The quantitative estimate of drug-likeness (QED) is 0.781. The van der Waals surface area contributed by atoms with Gasteiger partial charge in [0.2, 0.25) is 5.91 Å². The number of carbonyl (C=O) groups excluding carboxylic acids is 2. The highest BCUT2D eigenvalue weighted by molar-refractivity contribution is 7.14. The molecular formula is C19H23N3O3S. The summed E-state index contributed by atoms with van der Waals surface area (Å²) in [5, 5.41) is 5.07. The molecule has 1 aromatic carbocycles. The molecule has 0 saturated carbocycles. The summed E-state index contributed by atoms with van der Waals surface area (Å²) in [5.41, 5.74) is 6.87. The maximum absolute atomic E-state index is 12.4. The van der Waals surface area contributed by atoms with Crippen LogP contribution < -0.4 is 15.8 Å². The minimum atomic E-state index is -0.532. The van der Waals surface area contributed by atoms with Crippen molar-refractivity contribution < 1.29 is 14.3 Å². The highest BCUT2D eigenvalue weighted by Crippen LogP contribution is 2.32. The van der Waals surface area contributed by atoms with E-state index in [1.54, 1.807) is 11.4 Å². The Hall–Kier alpha value is -2.38. The molecule has 1 aliphatic heterocycles. The van der Waals surface area contributed by atoms with E-state index in [0.717, 1.165) is 25.1 Å². The summed E-state index contributed by atoms with van der Waals surface area (Å²) in [6.45, 7) is 3.76. The van der Waals surface area contributed by atoms with Gasteiger partial charge in [-0.1, -0.05) is 12.1 Å². The van der Waals surface area contributed by atoms with Crippen LogP contribution in [0.15, 0.2) is 35.7 Å². The number of anilines is 1. The van der Waals surface area contributed by atoms with Gasteiger partial charge in [-0.25, -0.2) is 0 Å². The Morgan fingerprint density at radius 3 is 2.77 bits per heavy atom. The van der Waals surface area contributed by atoms with E-state index in [0.29, 0.717) is 17.2 Å². The average molecular weight is 373 g/mol. The molecule has 1 atom stereocenters. The summed E-state index contributed by atoms with van der Waals surface area (Å²) < 4.78 is 5.49. The zero-order valence-corrected chi connectivity index (χ0v) is 15.6. The third kappa shape index (κ3) is 4.23. The second-order valence-corrected chi connectivity index (χ2v) is 7.12. The van der Waals surface area contributed by atoms with Crippen LogP contribution in [0.4, 0.5) is 5.00 Å². The predicted octanol–water partition coefficient (Wildman–Crippen LogP) is 3.02. The van der Waals surface area contributed by atoms with Crippen molar-refractivity contribution in [1.29, 1.82) is 0 Å². The third-order valence-corrected chi connectivity index (χ3v) is 5.30. The number of nitrogens with zero attached hydrogens (tertiary/aromatic N) is 1. The van der Waals surface area contributed by atoms with Gasteiger partial charge in [0.15, 0.2) is 0 Å². The molecule has 138 valence electrons. The first-order valence-corrected chi connectivity index (χ1v) is 9.60. The zero-order valence-electron chi connectivity index (χ0n) is 14.7. The molecule has 2 amide bonds. The van der Waals surface area contributed by atoms with E-state index >= 15 is 0 Å². The smallest absolute Gasteiger partial charge is 0.251 e. The van der Waals surface area contributed by atoms with Crippen molar-refractivity contribution in [2.75, 3.05) is 25.0 Å². The summed E-state index contributed by atoms with van der Waals surface area (Å²) in [5.74, 6) is 0.193. The van der Waals surface area contributed by atoms with E-state index in [-0.39, 0.29) is 18.5 Å². The molecule has 1 unspecified atom stereocenters. The van der Waals surface area contributed by atoms with Crippen molar-refractivity contribution in [3.8, 4) is 5.75 Å². The van der Waals surface area contributed by atoms with E-state index in [4.69, 9.17) is 10.5 Å². The van der Waals surface area contributed by atoms with Gasteiger partial charge in [-0.05, 0) is 55.5 Å². The van der Waals surface area contributed by atoms with Gasteiger partial charge in [-0.2, -0.15) is 0 Å². The Kier molecular flexibility index (Phi) is 5.90. The van der Waals surface area contributed by atoms with Gasteiger partial charge < -0.3 is 15.8 Å². The lowest BCUT2D eigenvalue weighted by Crippen LogP contribution is -2.33. The molecule has 0 bridgehead atoms. The maximum Gasteiger partial charge on any atom is 0.251 e. The second kappa shape index (κ2) is 8.33. The second-order valence-electron chi connectivity index (χ2n) is 6.21. The normalized spacial score (nSPS) is 17.2. The Morgan fingerprint density at radius 2 is 2.08 bits per heavy atom. The van der Waals surface area contributed by atoms with Gasteiger partial charge in [0, 0.05) is 6.04 Å². The maximum atomic E-state index is 12.4. The number of carbonyl (C=O) groups is 2. The Labute approximate surface area is 156 Å². The van der Waals surface area contributed by atoms with Crippen LogP contribution in [-0.4, -0.2) is 36.4 Å². The number of primary amides is 1. The average Bonchev–Trinajstić information content (AvgIpc) is 3.25. The Morgan fingerprint density at radius 1 is 1.31 bits per heavy atom. The van der Waals surface area contributed by atoms with Gasteiger partial charge in [0.25, 0.3) is 5.91 Å². The topological polar surface area (TPSA) is 84.7 Å². The summed E-state index contributed by atoms with van der Waals surface area (Å²) >= 11 is 1.30. The van der Waals surface area contributed by atoms with Gasteiger partial charge >= 0.3 is 0 Å². The number of likely N-dealkylation sites (tertiary alicyclic amines) is 1. The number of benzene rings is 1. The van der Waals surface area contributed by atoms with Crippen molar-refractivity contribution in [3.63, 3.8) is 0 Å². The number of ether oxygens (including phenoxy) is 1. The lowest BCUT2D eigenvalue weighted by molar-refractivity contribution is -0.117. The standard InChI is InChI=1S/C19H23N3O3S/c1-2-25-14-7-5-13(6-8-14)16-4-3-10-22(16)12-17(23)21-19-15(18(20)24)9-11-26-19/h5-9,11,16H,2-4,10,12H2,1H3,(H2,20,24)(H,21,23). The van der Waals surface area contributed by atoms with Crippen LogP contribution in [0.1, 0.15) is 41.7 Å². The molecule has 2 heterocycles. The molecule has 2 aromatic rings. The zero-order chi connectivity index (χ0) is 18.5.